The van der Waals surface area contributed by atoms with E-state index in [1.54, 1.807) is 0 Å². The van der Waals surface area contributed by atoms with Crippen molar-refractivity contribution in [2.45, 2.75) is 6.61 Å². The second-order valence-corrected chi connectivity index (χ2v) is 4.67. The first-order valence-electron chi connectivity index (χ1n) is 7.21. The maximum absolute atomic E-state index is 5.85. The highest BCUT2D eigenvalue weighted by Crippen LogP contribution is 2.27. The van der Waals surface area contributed by atoms with Crippen LogP contribution in [0.15, 0.2) is 67.3 Å². The maximum Gasteiger partial charge on any atom is 0.161 e. The first-order valence-corrected chi connectivity index (χ1v) is 7.21. The number of hydrogen-bond donors (Lipinski definition) is 1. The second kappa shape index (κ2) is 8.82. The Kier molecular flexibility index (Phi) is 6.36. The van der Waals surface area contributed by atoms with Gasteiger partial charge in [0.05, 0.1) is 6.54 Å². The third-order valence-corrected chi connectivity index (χ3v) is 3.00. The second-order valence-electron chi connectivity index (χ2n) is 4.67. The van der Waals surface area contributed by atoms with E-state index in [-0.39, 0.29) is 0 Å². The molecule has 2 aromatic rings. The van der Waals surface area contributed by atoms with Crippen LogP contribution in [0.3, 0.4) is 0 Å². The van der Waals surface area contributed by atoms with Crippen molar-refractivity contribution in [2.24, 2.45) is 0 Å². The van der Waals surface area contributed by atoms with Gasteiger partial charge < -0.3 is 14.8 Å². The summed E-state index contributed by atoms with van der Waals surface area (Å²) in [5.74, 6) is 1.57. The third-order valence-electron chi connectivity index (χ3n) is 3.00. The Balaban J connectivity index is 1.86. The summed E-state index contributed by atoms with van der Waals surface area (Å²) in [6, 6.07) is 17.9. The van der Waals surface area contributed by atoms with Crippen LogP contribution in [0, 0.1) is 0 Å². The molecule has 0 radical (unpaired) electrons. The summed E-state index contributed by atoms with van der Waals surface area (Å²) >= 11 is 0. The summed E-state index contributed by atoms with van der Waals surface area (Å²) in [6.45, 7) is 6.70. The fourth-order valence-electron chi connectivity index (χ4n) is 1.91. The summed E-state index contributed by atoms with van der Waals surface area (Å²) < 4.78 is 11.6. The summed E-state index contributed by atoms with van der Waals surface area (Å²) in [7, 11) is 0. The Bertz CT molecular complexity index is 540. The summed E-state index contributed by atoms with van der Waals surface area (Å²) in [6.07, 6.45) is 1.89. The van der Waals surface area contributed by atoms with Crippen molar-refractivity contribution in [3.63, 3.8) is 0 Å². The number of ether oxygens (including phenoxy) is 2. The molecule has 0 fully saturated rings. The molecule has 0 aromatic heterocycles. The van der Waals surface area contributed by atoms with Gasteiger partial charge >= 0.3 is 0 Å². The molecule has 0 aliphatic carbocycles. The molecule has 2 aromatic carbocycles. The molecular weight excluding hydrogens is 262 g/mol. The van der Waals surface area contributed by atoms with Crippen LogP contribution < -0.4 is 14.8 Å². The van der Waals surface area contributed by atoms with Crippen molar-refractivity contribution in [3.8, 4) is 11.5 Å². The van der Waals surface area contributed by atoms with E-state index >= 15 is 0 Å². The molecule has 0 unspecified atom stereocenters. The minimum Gasteiger partial charge on any atom is -0.485 e. The average molecular weight is 284 g/mol. The molecule has 110 valence electrons. The summed E-state index contributed by atoms with van der Waals surface area (Å²) in [5.41, 5.74) is 1.15. The number of hydrogen-bond acceptors (Lipinski definition) is 2. The standard InChI is InChI=1S/C18H21NO2/c1-2-12-19-13-14-20-17-10-6-7-11-18(17)21-15-16-8-4-3-5-9-16/h2-11,19H,1,12-15H2/p+1. The molecule has 3 nitrogen and oxygen atoms in total. The smallest absolute Gasteiger partial charge is 0.161 e. The van der Waals surface area contributed by atoms with Crippen LogP contribution in [0.1, 0.15) is 5.56 Å². The molecule has 2 N–H and O–H groups in total. The largest absolute Gasteiger partial charge is 0.485 e. The lowest BCUT2D eigenvalue weighted by atomic mass is 10.2. The zero-order valence-electron chi connectivity index (χ0n) is 12.2. The predicted molar refractivity (Wildman–Crippen MR) is 84.6 cm³/mol. The van der Waals surface area contributed by atoms with Crippen molar-refractivity contribution in [1.29, 1.82) is 0 Å². The zero-order chi connectivity index (χ0) is 14.8. The third kappa shape index (κ3) is 5.32. The van der Waals surface area contributed by atoms with Gasteiger partial charge in [0.2, 0.25) is 0 Å². The molecule has 21 heavy (non-hydrogen) atoms. The van der Waals surface area contributed by atoms with Gasteiger partial charge in [-0.1, -0.05) is 49.0 Å². The van der Waals surface area contributed by atoms with Crippen LogP contribution in [0.5, 0.6) is 11.5 Å². The zero-order valence-corrected chi connectivity index (χ0v) is 12.2. The summed E-state index contributed by atoms with van der Waals surface area (Å²) in [5, 5.41) is 2.15. The number of nitrogens with two attached hydrogens (primary N) is 1. The van der Waals surface area contributed by atoms with Gasteiger partial charge in [0.25, 0.3) is 0 Å². The lowest BCUT2D eigenvalue weighted by Crippen LogP contribution is -2.85. The molecule has 2 rings (SSSR count). The maximum atomic E-state index is 5.85. The van der Waals surface area contributed by atoms with Crippen molar-refractivity contribution in [1.82, 2.24) is 0 Å². The van der Waals surface area contributed by atoms with Crippen molar-refractivity contribution >= 4 is 0 Å². The van der Waals surface area contributed by atoms with Gasteiger partial charge in [-0.2, -0.15) is 0 Å². The Labute approximate surface area is 126 Å². The molecule has 0 atom stereocenters. The van der Waals surface area contributed by atoms with Crippen molar-refractivity contribution in [2.75, 3.05) is 19.7 Å². The molecule has 3 heteroatoms. The quantitative estimate of drug-likeness (QED) is 0.567. The normalized spacial score (nSPS) is 10.1. The fraction of sp³-hybridized carbons (Fsp3) is 0.222. The van der Waals surface area contributed by atoms with E-state index in [0.29, 0.717) is 13.2 Å². The molecular formula is C18H22NO2+. The van der Waals surface area contributed by atoms with E-state index in [1.807, 2.05) is 60.7 Å². The van der Waals surface area contributed by atoms with Gasteiger partial charge in [-0.25, -0.2) is 0 Å². The molecule has 0 aliphatic rings. The number of rotatable bonds is 9. The van der Waals surface area contributed by atoms with Gasteiger partial charge in [0, 0.05) is 0 Å². The topological polar surface area (TPSA) is 35.1 Å². The molecule has 0 saturated carbocycles. The molecule has 0 aliphatic heterocycles. The van der Waals surface area contributed by atoms with E-state index in [0.717, 1.165) is 30.2 Å². The van der Waals surface area contributed by atoms with Gasteiger partial charge in [0.1, 0.15) is 19.8 Å². The predicted octanol–water partition coefficient (Wildman–Crippen LogP) is 2.39. The van der Waals surface area contributed by atoms with Crippen LogP contribution in [0.25, 0.3) is 0 Å². The first kappa shape index (κ1) is 15.1. The molecule has 0 amide bonds. The minimum atomic E-state index is 0.545. The molecule has 0 spiro atoms. The number of para-hydroxylation sites is 2. The van der Waals surface area contributed by atoms with Gasteiger partial charge in [-0.05, 0) is 23.8 Å². The lowest BCUT2D eigenvalue weighted by Gasteiger charge is -2.12. The molecule has 0 bridgehead atoms. The Morgan fingerprint density at radius 3 is 2.29 bits per heavy atom. The Morgan fingerprint density at radius 2 is 1.57 bits per heavy atom. The highest BCUT2D eigenvalue weighted by atomic mass is 16.5. The minimum absolute atomic E-state index is 0.545. The molecule has 0 heterocycles. The van der Waals surface area contributed by atoms with E-state index < -0.39 is 0 Å². The number of benzene rings is 2. The summed E-state index contributed by atoms with van der Waals surface area (Å²) in [4.78, 5) is 0. The Morgan fingerprint density at radius 1 is 0.905 bits per heavy atom. The Hall–Kier alpha value is -2.26. The molecule has 0 saturated heterocycles. The number of quaternary nitrogens is 1. The monoisotopic (exact) mass is 284 g/mol. The van der Waals surface area contributed by atoms with Gasteiger partial charge in [0.15, 0.2) is 11.5 Å². The van der Waals surface area contributed by atoms with Crippen LogP contribution in [-0.2, 0) is 6.61 Å². The van der Waals surface area contributed by atoms with E-state index in [2.05, 4.69) is 11.9 Å². The van der Waals surface area contributed by atoms with Crippen LogP contribution in [0.2, 0.25) is 0 Å². The van der Waals surface area contributed by atoms with Crippen molar-refractivity contribution in [3.05, 3.63) is 72.8 Å². The van der Waals surface area contributed by atoms with Gasteiger partial charge in [-0.15, -0.1) is 0 Å². The average Bonchev–Trinajstić information content (AvgIpc) is 2.55. The first-order chi connectivity index (χ1) is 10.4. The van der Waals surface area contributed by atoms with Crippen LogP contribution >= 0.6 is 0 Å². The van der Waals surface area contributed by atoms with E-state index in [1.165, 1.54) is 0 Å². The van der Waals surface area contributed by atoms with E-state index in [4.69, 9.17) is 9.47 Å². The van der Waals surface area contributed by atoms with Crippen LogP contribution in [-0.4, -0.2) is 19.7 Å². The highest BCUT2D eigenvalue weighted by molar-refractivity contribution is 5.39. The van der Waals surface area contributed by atoms with Crippen molar-refractivity contribution < 1.29 is 14.8 Å². The van der Waals surface area contributed by atoms with E-state index in [9.17, 15) is 0 Å². The fourth-order valence-corrected chi connectivity index (χ4v) is 1.91. The lowest BCUT2D eigenvalue weighted by molar-refractivity contribution is -0.646. The van der Waals surface area contributed by atoms with Gasteiger partial charge in [-0.3, -0.25) is 0 Å². The SMILES string of the molecule is C=CC[NH2+]CCOc1ccccc1OCc1ccccc1. The highest BCUT2D eigenvalue weighted by Gasteiger charge is 2.04. The van der Waals surface area contributed by atoms with Crippen LogP contribution in [0.4, 0.5) is 0 Å².